The van der Waals surface area contributed by atoms with E-state index >= 15 is 0 Å². The minimum atomic E-state index is -2.90. The molecule has 0 radical (unpaired) electrons. The Morgan fingerprint density at radius 1 is 1.17 bits per heavy atom. The number of sulfone groups is 1. The second-order valence-corrected chi connectivity index (χ2v) is 8.93. The highest BCUT2D eigenvalue weighted by Gasteiger charge is 2.35. The summed E-state index contributed by atoms with van der Waals surface area (Å²) >= 11 is 0. The summed E-state index contributed by atoms with van der Waals surface area (Å²) < 4.78 is 49.6. The number of aliphatic hydroxyl groups excluding tert-OH is 1. The maximum absolute atomic E-state index is 13.5. The number of hydrogen-bond donors (Lipinski definition) is 1. The summed E-state index contributed by atoms with van der Waals surface area (Å²) in [5.74, 6) is -1.08. The van der Waals surface area contributed by atoms with Gasteiger partial charge in [0, 0.05) is 19.1 Å². The first kappa shape index (κ1) is 16.8. The van der Waals surface area contributed by atoms with Crippen molar-refractivity contribution in [1.82, 2.24) is 4.90 Å². The molecule has 2 saturated heterocycles. The number of aliphatic hydroxyl groups is 1. The Kier molecular flexibility index (Phi) is 4.71. The van der Waals surface area contributed by atoms with Crippen molar-refractivity contribution in [2.75, 3.05) is 24.6 Å². The number of benzene rings is 1. The largest absolute Gasteiger partial charge is 0.392 e. The topological polar surface area (TPSA) is 57.6 Å². The molecule has 1 N–H and O–H groups in total. The van der Waals surface area contributed by atoms with E-state index in [9.17, 15) is 22.3 Å². The van der Waals surface area contributed by atoms with Gasteiger partial charge in [0.25, 0.3) is 0 Å². The van der Waals surface area contributed by atoms with Gasteiger partial charge >= 0.3 is 0 Å². The van der Waals surface area contributed by atoms with Crippen LogP contribution in [0.1, 0.15) is 30.9 Å². The van der Waals surface area contributed by atoms with Crippen molar-refractivity contribution < 1.29 is 22.3 Å². The van der Waals surface area contributed by atoms with Crippen LogP contribution in [-0.4, -0.2) is 49.1 Å². The van der Waals surface area contributed by atoms with Crippen molar-refractivity contribution in [2.45, 2.75) is 31.4 Å². The molecule has 0 spiro atoms. The third kappa shape index (κ3) is 3.89. The predicted octanol–water partition coefficient (Wildman–Crippen LogP) is 1.90. The number of halogens is 2. The van der Waals surface area contributed by atoms with Crippen molar-refractivity contribution in [3.05, 3.63) is 35.4 Å². The molecular weight excluding hydrogens is 324 g/mol. The van der Waals surface area contributed by atoms with Crippen LogP contribution >= 0.6 is 0 Å². The zero-order valence-electron chi connectivity index (χ0n) is 12.8. The maximum Gasteiger partial charge on any atom is 0.159 e. The van der Waals surface area contributed by atoms with Gasteiger partial charge in [-0.2, -0.15) is 0 Å². The van der Waals surface area contributed by atoms with Gasteiger partial charge in [0.2, 0.25) is 0 Å². The van der Waals surface area contributed by atoms with Gasteiger partial charge in [0.05, 0.1) is 17.6 Å². The van der Waals surface area contributed by atoms with Gasteiger partial charge in [0.1, 0.15) is 9.84 Å². The van der Waals surface area contributed by atoms with Crippen LogP contribution in [0.2, 0.25) is 0 Å². The van der Waals surface area contributed by atoms with Crippen LogP contribution in [0.25, 0.3) is 0 Å². The van der Waals surface area contributed by atoms with Crippen molar-refractivity contribution in [3.8, 4) is 0 Å². The van der Waals surface area contributed by atoms with Crippen LogP contribution < -0.4 is 0 Å². The minimum absolute atomic E-state index is 0.154. The molecule has 7 heteroatoms. The fraction of sp³-hybridized carbons (Fsp3) is 0.625. The van der Waals surface area contributed by atoms with Gasteiger partial charge in [-0.15, -0.1) is 0 Å². The Morgan fingerprint density at radius 3 is 2.52 bits per heavy atom. The fourth-order valence-corrected chi connectivity index (χ4v) is 5.19. The minimum Gasteiger partial charge on any atom is -0.392 e. The lowest BCUT2D eigenvalue weighted by atomic mass is 9.99. The Balaban J connectivity index is 1.71. The number of hydrogen-bond acceptors (Lipinski definition) is 4. The summed E-state index contributed by atoms with van der Waals surface area (Å²) in [4.78, 5) is 2.07. The number of β-amino-alcohol motifs (C(OH)–C–C–N with tert-alkyl or cyclic N) is 1. The first-order valence-electron chi connectivity index (χ1n) is 7.91. The molecule has 0 amide bonds. The molecule has 1 aromatic rings. The normalized spacial score (nSPS) is 29.0. The van der Waals surface area contributed by atoms with E-state index in [1.54, 1.807) is 6.07 Å². The zero-order valence-corrected chi connectivity index (χ0v) is 13.6. The molecular formula is C16H21F2NO3S. The summed E-state index contributed by atoms with van der Waals surface area (Å²) in [6.45, 7) is 1.16. The molecule has 2 heterocycles. The molecule has 2 fully saturated rings. The molecule has 1 aromatic carbocycles. The first-order valence-corrected chi connectivity index (χ1v) is 9.74. The molecule has 23 heavy (non-hydrogen) atoms. The smallest absolute Gasteiger partial charge is 0.159 e. The van der Waals surface area contributed by atoms with Crippen molar-refractivity contribution in [1.29, 1.82) is 0 Å². The Labute approximate surface area is 135 Å². The van der Waals surface area contributed by atoms with Crippen LogP contribution in [0, 0.1) is 17.6 Å². The van der Waals surface area contributed by atoms with E-state index in [2.05, 4.69) is 4.90 Å². The first-order chi connectivity index (χ1) is 10.8. The number of nitrogens with zero attached hydrogens (tertiary/aromatic N) is 1. The van der Waals surface area contributed by atoms with Crippen LogP contribution in [0.3, 0.4) is 0 Å². The van der Waals surface area contributed by atoms with Gasteiger partial charge in [0.15, 0.2) is 11.6 Å². The van der Waals surface area contributed by atoms with E-state index < -0.39 is 27.6 Å². The van der Waals surface area contributed by atoms with Gasteiger partial charge in [-0.05, 0) is 42.9 Å². The van der Waals surface area contributed by atoms with E-state index in [4.69, 9.17) is 0 Å². The molecule has 2 aliphatic heterocycles. The van der Waals surface area contributed by atoms with E-state index in [1.807, 2.05) is 0 Å². The highest BCUT2D eigenvalue weighted by molar-refractivity contribution is 7.91. The lowest BCUT2D eigenvalue weighted by Gasteiger charge is -2.31. The van der Waals surface area contributed by atoms with E-state index in [0.29, 0.717) is 37.9 Å². The highest BCUT2D eigenvalue weighted by atomic mass is 32.2. The van der Waals surface area contributed by atoms with Gasteiger partial charge in [-0.1, -0.05) is 6.07 Å². The molecule has 0 bridgehead atoms. The summed E-state index contributed by atoms with van der Waals surface area (Å²) in [6.07, 6.45) is 1.23. The number of likely N-dealkylation sites (tertiary alicyclic amines) is 1. The molecule has 0 saturated carbocycles. The molecule has 2 atom stereocenters. The van der Waals surface area contributed by atoms with Crippen LogP contribution in [0.4, 0.5) is 8.78 Å². The maximum atomic E-state index is 13.5. The Morgan fingerprint density at radius 2 is 1.87 bits per heavy atom. The highest BCUT2D eigenvalue weighted by Crippen LogP contribution is 2.34. The average Bonchev–Trinajstić information content (AvgIpc) is 2.85. The SMILES string of the molecule is O=S1(=O)CCC(CN2C[C@@H](O)C[C@@H]2c2ccc(F)c(F)c2)CC1. The van der Waals surface area contributed by atoms with E-state index in [0.717, 1.165) is 6.07 Å². The Bertz CT molecular complexity index is 666. The quantitative estimate of drug-likeness (QED) is 0.909. The molecule has 3 rings (SSSR count). The van der Waals surface area contributed by atoms with Crippen LogP contribution in [-0.2, 0) is 9.84 Å². The van der Waals surface area contributed by atoms with E-state index in [-0.39, 0.29) is 23.5 Å². The van der Waals surface area contributed by atoms with Gasteiger partial charge < -0.3 is 5.11 Å². The molecule has 2 aliphatic rings. The third-order valence-electron chi connectivity index (χ3n) is 4.88. The second kappa shape index (κ2) is 6.45. The molecule has 128 valence electrons. The molecule has 0 aromatic heterocycles. The predicted molar refractivity (Wildman–Crippen MR) is 82.7 cm³/mol. The van der Waals surface area contributed by atoms with Gasteiger partial charge in [-0.25, -0.2) is 17.2 Å². The zero-order chi connectivity index (χ0) is 16.6. The number of rotatable bonds is 3. The molecule has 0 aliphatic carbocycles. The summed E-state index contributed by atoms with van der Waals surface area (Å²) in [5.41, 5.74) is 0.656. The van der Waals surface area contributed by atoms with Crippen molar-refractivity contribution in [2.24, 2.45) is 5.92 Å². The molecule has 0 unspecified atom stereocenters. The standard InChI is InChI=1S/C16H21F2NO3S/c17-14-2-1-12(7-15(14)18)16-8-13(20)10-19(16)9-11-3-5-23(21,22)6-4-11/h1-2,7,11,13,16,20H,3-6,8-10H2/t13-,16+/m0/s1. The van der Waals surface area contributed by atoms with Crippen molar-refractivity contribution >= 4 is 9.84 Å². The van der Waals surface area contributed by atoms with Crippen LogP contribution in [0.15, 0.2) is 18.2 Å². The average molecular weight is 345 g/mol. The third-order valence-corrected chi connectivity index (χ3v) is 6.59. The lowest BCUT2D eigenvalue weighted by molar-refractivity contribution is 0.163. The summed E-state index contributed by atoms with van der Waals surface area (Å²) in [5, 5.41) is 9.96. The molecule has 4 nitrogen and oxygen atoms in total. The lowest BCUT2D eigenvalue weighted by Crippen LogP contribution is -2.34. The summed E-state index contributed by atoms with van der Waals surface area (Å²) in [6, 6.07) is 3.70. The monoisotopic (exact) mass is 345 g/mol. The summed E-state index contributed by atoms with van der Waals surface area (Å²) in [7, 11) is -2.90. The second-order valence-electron chi connectivity index (χ2n) is 6.63. The Hall–Kier alpha value is -1.05. The van der Waals surface area contributed by atoms with Crippen molar-refractivity contribution in [3.63, 3.8) is 0 Å². The van der Waals surface area contributed by atoms with E-state index in [1.165, 1.54) is 6.07 Å². The van der Waals surface area contributed by atoms with Gasteiger partial charge in [-0.3, -0.25) is 4.90 Å². The fourth-order valence-electron chi connectivity index (χ4n) is 3.60. The van der Waals surface area contributed by atoms with Crippen LogP contribution in [0.5, 0.6) is 0 Å².